The first kappa shape index (κ1) is 18.9. The number of nitrogens with two attached hydrogens (primary N) is 1. The number of H-pyrrole nitrogens is 1. The van der Waals surface area contributed by atoms with Gasteiger partial charge in [0.2, 0.25) is 0 Å². The average molecular weight is 371 g/mol. The summed E-state index contributed by atoms with van der Waals surface area (Å²) in [6, 6.07) is 6.12. The van der Waals surface area contributed by atoms with Gasteiger partial charge in [0.15, 0.2) is 11.5 Å². The fraction of sp³-hybridized carbons (Fsp3) is 0.400. The Labute approximate surface area is 158 Å². The molecule has 2 aromatic heterocycles. The van der Waals surface area contributed by atoms with Crippen LogP contribution in [0.4, 0.5) is 10.2 Å². The van der Waals surface area contributed by atoms with Gasteiger partial charge in [-0.3, -0.25) is 9.89 Å². The number of aromatic amines is 1. The highest BCUT2D eigenvalue weighted by Crippen LogP contribution is 2.35. The number of primary amides is 1. The van der Waals surface area contributed by atoms with Gasteiger partial charge < -0.3 is 11.1 Å². The van der Waals surface area contributed by atoms with E-state index in [-0.39, 0.29) is 16.8 Å². The van der Waals surface area contributed by atoms with Crippen LogP contribution in [-0.4, -0.2) is 26.0 Å². The van der Waals surface area contributed by atoms with Crippen LogP contribution in [-0.2, 0) is 0 Å². The minimum absolute atomic E-state index is 0.116. The molecule has 3 rings (SSSR count). The Morgan fingerprint density at radius 2 is 1.85 bits per heavy atom. The number of hydrogen-bond donors (Lipinski definition) is 3. The zero-order chi connectivity index (χ0) is 20.0. The second-order valence-corrected chi connectivity index (χ2v) is 8.77. The third-order valence-electron chi connectivity index (χ3n) is 4.27. The molecule has 0 aliphatic heterocycles. The molecule has 0 saturated heterocycles. The maximum Gasteiger partial charge on any atom is 0.254 e. The van der Waals surface area contributed by atoms with Gasteiger partial charge in [-0.15, -0.1) is 0 Å². The highest BCUT2D eigenvalue weighted by atomic mass is 19.1. The smallest absolute Gasteiger partial charge is 0.254 e. The van der Waals surface area contributed by atoms with Crippen molar-refractivity contribution in [3.05, 3.63) is 41.8 Å². The van der Waals surface area contributed by atoms with Crippen LogP contribution >= 0.6 is 0 Å². The summed E-state index contributed by atoms with van der Waals surface area (Å²) < 4.78 is 15.1. The zero-order valence-corrected chi connectivity index (χ0v) is 16.4. The molecular weight excluding hydrogens is 345 g/mol. The number of benzene rings is 1. The molecule has 1 aromatic carbocycles. The molecule has 4 N–H and O–H groups in total. The summed E-state index contributed by atoms with van der Waals surface area (Å²) in [4.78, 5) is 16.3. The average Bonchev–Trinajstić information content (AvgIpc) is 3.06. The minimum atomic E-state index is -0.558. The third-order valence-corrected chi connectivity index (χ3v) is 4.27. The van der Waals surface area contributed by atoms with E-state index in [1.807, 2.05) is 0 Å². The SMILES string of the molecule is CC(C)(C)CC(C)(C)Nc1c(-c2ccc(F)cc2)nc2c(C(N)=O)c[nH]n12. The van der Waals surface area contributed by atoms with Gasteiger partial charge in [-0.2, -0.15) is 0 Å². The van der Waals surface area contributed by atoms with E-state index >= 15 is 0 Å². The normalized spacial score (nSPS) is 12.5. The highest BCUT2D eigenvalue weighted by molar-refractivity contribution is 5.99. The lowest BCUT2D eigenvalue weighted by atomic mass is 9.82. The molecule has 0 spiro atoms. The lowest BCUT2D eigenvalue weighted by molar-refractivity contribution is 0.100. The van der Waals surface area contributed by atoms with Crippen LogP contribution in [0, 0.1) is 11.2 Å². The van der Waals surface area contributed by atoms with Crippen molar-refractivity contribution in [2.45, 2.75) is 46.6 Å². The number of carbonyl (C=O) groups excluding carboxylic acids is 1. The third kappa shape index (κ3) is 3.97. The number of hydrogen-bond acceptors (Lipinski definition) is 3. The molecule has 0 fully saturated rings. The molecular formula is C20H26FN5O. The second kappa shape index (κ2) is 6.40. The fourth-order valence-electron chi connectivity index (χ4n) is 3.72. The number of fused-ring (bicyclic) bond motifs is 1. The van der Waals surface area contributed by atoms with Crippen LogP contribution in [0.2, 0.25) is 0 Å². The lowest BCUT2D eigenvalue weighted by Gasteiger charge is -2.34. The first-order valence-corrected chi connectivity index (χ1v) is 8.91. The maximum atomic E-state index is 13.4. The van der Waals surface area contributed by atoms with Gasteiger partial charge in [0, 0.05) is 17.3 Å². The number of rotatable bonds is 5. The van der Waals surface area contributed by atoms with Crippen molar-refractivity contribution >= 4 is 17.4 Å². The first-order valence-electron chi connectivity index (χ1n) is 8.91. The van der Waals surface area contributed by atoms with Gasteiger partial charge in [0.1, 0.15) is 17.1 Å². The summed E-state index contributed by atoms with van der Waals surface area (Å²) in [5, 5.41) is 6.60. The van der Waals surface area contributed by atoms with Crippen LogP contribution in [0.15, 0.2) is 30.5 Å². The van der Waals surface area contributed by atoms with Crippen molar-refractivity contribution in [2.24, 2.45) is 11.1 Å². The van der Waals surface area contributed by atoms with E-state index in [0.717, 1.165) is 12.0 Å². The lowest BCUT2D eigenvalue weighted by Crippen LogP contribution is -2.36. The monoisotopic (exact) mass is 371 g/mol. The Morgan fingerprint density at radius 3 is 2.41 bits per heavy atom. The fourth-order valence-corrected chi connectivity index (χ4v) is 3.72. The number of imidazole rings is 1. The van der Waals surface area contributed by atoms with Gasteiger partial charge in [0.25, 0.3) is 5.91 Å². The van der Waals surface area contributed by atoms with Gasteiger partial charge in [-0.05, 0) is 49.9 Å². The second-order valence-electron chi connectivity index (χ2n) is 8.77. The Morgan fingerprint density at radius 1 is 1.22 bits per heavy atom. The molecule has 7 heteroatoms. The van der Waals surface area contributed by atoms with E-state index in [1.54, 1.807) is 22.8 Å². The molecule has 2 heterocycles. The van der Waals surface area contributed by atoms with Crippen molar-refractivity contribution in [1.29, 1.82) is 0 Å². The van der Waals surface area contributed by atoms with Gasteiger partial charge >= 0.3 is 0 Å². The highest BCUT2D eigenvalue weighted by Gasteiger charge is 2.29. The standard InChI is InChI=1S/C20H26FN5O/c1-19(2,3)11-20(4,5)25-18-15(12-6-8-13(21)9-7-12)24-17-14(16(22)27)10-23-26(17)18/h6-10,23,25H,11H2,1-5H3,(H2,22,27). The maximum absolute atomic E-state index is 13.4. The summed E-state index contributed by atoms with van der Waals surface area (Å²) in [6.45, 7) is 10.8. The molecule has 0 aliphatic carbocycles. The zero-order valence-electron chi connectivity index (χ0n) is 16.4. The van der Waals surface area contributed by atoms with Crippen LogP contribution in [0.25, 0.3) is 16.9 Å². The number of anilines is 1. The first-order chi connectivity index (χ1) is 12.5. The van der Waals surface area contributed by atoms with Crippen molar-refractivity contribution in [2.75, 3.05) is 5.32 Å². The number of nitrogens with zero attached hydrogens (tertiary/aromatic N) is 2. The largest absolute Gasteiger partial charge is 0.365 e. The Bertz CT molecular complexity index is 976. The molecule has 0 aliphatic rings. The van der Waals surface area contributed by atoms with Gasteiger partial charge in [0.05, 0.1) is 0 Å². The number of amides is 1. The number of nitrogens with one attached hydrogen (secondary N) is 2. The van der Waals surface area contributed by atoms with E-state index in [2.05, 4.69) is 50.0 Å². The summed E-state index contributed by atoms with van der Waals surface area (Å²) in [5.74, 6) is -0.167. The Balaban J connectivity index is 2.15. The van der Waals surface area contributed by atoms with Crippen molar-refractivity contribution < 1.29 is 9.18 Å². The molecule has 0 radical (unpaired) electrons. The molecule has 0 bridgehead atoms. The summed E-state index contributed by atoms with van der Waals surface area (Å²) in [7, 11) is 0. The predicted molar refractivity (Wildman–Crippen MR) is 105 cm³/mol. The van der Waals surface area contributed by atoms with Gasteiger partial charge in [-0.25, -0.2) is 13.9 Å². The molecule has 0 atom stereocenters. The molecule has 1 amide bonds. The van der Waals surface area contributed by atoms with Crippen molar-refractivity contribution in [3.63, 3.8) is 0 Å². The van der Waals surface area contributed by atoms with E-state index in [1.165, 1.54) is 12.1 Å². The number of halogens is 1. The van der Waals surface area contributed by atoms with Crippen LogP contribution in [0.3, 0.4) is 0 Å². The van der Waals surface area contributed by atoms with E-state index < -0.39 is 5.91 Å². The van der Waals surface area contributed by atoms with Crippen LogP contribution in [0.5, 0.6) is 0 Å². The van der Waals surface area contributed by atoms with Crippen molar-refractivity contribution in [3.8, 4) is 11.3 Å². The van der Waals surface area contributed by atoms with Gasteiger partial charge in [-0.1, -0.05) is 20.8 Å². The Kier molecular flexibility index (Phi) is 4.49. The molecule has 27 heavy (non-hydrogen) atoms. The molecule has 0 saturated carbocycles. The van der Waals surface area contributed by atoms with Crippen LogP contribution < -0.4 is 11.1 Å². The molecule has 3 aromatic rings. The minimum Gasteiger partial charge on any atom is -0.365 e. The summed E-state index contributed by atoms with van der Waals surface area (Å²) in [5.41, 5.74) is 7.46. The number of carbonyl (C=O) groups is 1. The number of aromatic nitrogens is 3. The Hall–Kier alpha value is -2.83. The van der Waals surface area contributed by atoms with E-state index in [9.17, 15) is 9.18 Å². The molecule has 0 unspecified atom stereocenters. The van der Waals surface area contributed by atoms with E-state index in [4.69, 9.17) is 5.73 Å². The molecule has 144 valence electrons. The summed E-state index contributed by atoms with van der Waals surface area (Å²) in [6.07, 6.45) is 2.44. The summed E-state index contributed by atoms with van der Waals surface area (Å²) >= 11 is 0. The molecule has 6 nitrogen and oxygen atoms in total. The van der Waals surface area contributed by atoms with Crippen LogP contribution in [0.1, 0.15) is 51.4 Å². The van der Waals surface area contributed by atoms with Crippen molar-refractivity contribution in [1.82, 2.24) is 14.6 Å². The van der Waals surface area contributed by atoms with E-state index in [0.29, 0.717) is 22.7 Å². The predicted octanol–water partition coefficient (Wildman–Crippen LogP) is 4.19. The quantitative estimate of drug-likeness (QED) is 0.628. The topological polar surface area (TPSA) is 88.2 Å².